The summed E-state index contributed by atoms with van der Waals surface area (Å²) in [4.78, 5) is 30.3. The summed E-state index contributed by atoms with van der Waals surface area (Å²) in [5, 5.41) is 5.71. The molecule has 1 aliphatic heterocycles. The van der Waals surface area contributed by atoms with Crippen molar-refractivity contribution in [2.24, 2.45) is 0 Å². The van der Waals surface area contributed by atoms with Crippen molar-refractivity contribution in [1.82, 2.24) is 20.6 Å². The maximum Gasteiger partial charge on any atom is 0.271 e. The molecule has 6 nitrogen and oxygen atoms in total. The van der Waals surface area contributed by atoms with Gasteiger partial charge in [0.2, 0.25) is 5.91 Å². The largest absolute Gasteiger partial charge is 0.354 e. The molecule has 1 unspecified atom stereocenters. The second-order valence-electron chi connectivity index (χ2n) is 3.74. The van der Waals surface area contributed by atoms with Gasteiger partial charge in [-0.05, 0) is 6.42 Å². The van der Waals surface area contributed by atoms with Gasteiger partial charge in [-0.25, -0.2) is 9.97 Å². The predicted molar refractivity (Wildman–Crippen MR) is 60.5 cm³/mol. The Balaban J connectivity index is 1.93. The Bertz CT molecular complexity index is 424. The van der Waals surface area contributed by atoms with E-state index < -0.39 is 0 Å². The number of rotatable bonds is 2. The zero-order valence-electron chi connectivity index (χ0n) is 8.94. The SMILES string of the molecule is O=C1CCC(NC(=O)c2cnc(Cl)cn2)CN1. The average Bonchev–Trinajstić information content (AvgIpc) is 2.33. The first kappa shape index (κ1) is 11.8. The summed E-state index contributed by atoms with van der Waals surface area (Å²) in [7, 11) is 0. The van der Waals surface area contributed by atoms with Gasteiger partial charge in [0.25, 0.3) is 5.91 Å². The first-order valence-electron chi connectivity index (χ1n) is 5.20. The highest BCUT2D eigenvalue weighted by molar-refractivity contribution is 6.29. The van der Waals surface area contributed by atoms with Crippen molar-refractivity contribution in [3.63, 3.8) is 0 Å². The number of hydrogen-bond acceptors (Lipinski definition) is 4. The second-order valence-corrected chi connectivity index (χ2v) is 4.12. The lowest BCUT2D eigenvalue weighted by Crippen LogP contribution is -2.47. The number of hydrogen-bond donors (Lipinski definition) is 2. The lowest BCUT2D eigenvalue weighted by molar-refractivity contribution is -0.122. The zero-order valence-corrected chi connectivity index (χ0v) is 9.70. The highest BCUT2D eigenvalue weighted by atomic mass is 35.5. The van der Waals surface area contributed by atoms with E-state index in [1.54, 1.807) is 0 Å². The van der Waals surface area contributed by atoms with E-state index in [1.165, 1.54) is 12.4 Å². The lowest BCUT2D eigenvalue weighted by Gasteiger charge is -2.23. The maximum absolute atomic E-state index is 11.7. The topological polar surface area (TPSA) is 84.0 Å². The molecule has 0 radical (unpaired) electrons. The number of halogens is 1. The number of piperidine rings is 1. The van der Waals surface area contributed by atoms with Crippen LogP contribution in [0.15, 0.2) is 12.4 Å². The molecule has 1 aromatic heterocycles. The number of carbonyl (C=O) groups is 2. The molecular weight excluding hydrogens is 244 g/mol. The summed E-state index contributed by atoms with van der Waals surface area (Å²) in [5.41, 5.74) is 0.214. The molecule has 1 aliphatic rings. The van der Waals surface area contributed by atoms with Crippen LogP contribution in [0.3, 0.4) is 0 Å². The minimum atomic E-state index is -0.310. The molecule has 0 bridgehead atoms. The second kappa shape index (κ2) is 5.09. The van der Waals surface area contributed by atoms with Crippen LogP contribution in [0.25, 0.3) is 0 Å². The Labute approximate surface area is 103 Å². The van der Waals surface area contributed by atoms with E-state index in [1.807, 2.05) is 0 Å². The summed E-state index contributed by atoms with van der Waals surface area (Å²) in [6.45, 7) is 0.450. The van der Waals surface area contributed by atoms with Gasteiger partial charge in [-0.1, -0.05) is 11.6 Å². The Morgan fingerprint density at radius 3 is 2.88 bits per heavy atom. The molecule has 0 spiro atoms. The van der Waals surface area contributed by atoms with Gasteiger partial charge < -0.3 is 10.6 Å². The molecule has 0 saturated carbocycles. The van der Waals surface area contributed by atoms with E-state index in [0.29, 0.717) is 19.4 Å². The molecule has 1 aromatic rings. The number of aromatic nitrogens is 2. The highest BCUT2D eigenvalue weighted by Crippen LogP contribution is 2.05. The Hall–Kier alpha value is -1.69. The Kier molecular flexibility index (Phi) is 3.53. The lowest BCUT2D eigenvalue weighted by atomic mass is 10.1. The third-order valence-corrected chi connectivity index (χ3v) is 2.65. The smallest absolute Gasteiger partial charge is 0.271 e. The van der Waals surface area contributed by atoms with Gasteiger partial charge in [-0.3, -0.25) is 9.59 Å². The predicted octanol–water partition coefficient (Wildman–Crippen LogP) is 0.138. The standard InChI is InChI=1S/C10H11ClN4O2/c11-8-5-12-7(4-13-8)10(17)15-6-1-2-9(16)14-3-6/h4-6H,1-3H2,(H,14,16)(H,15,17). The third kappa shape index (κ3) is 3.13. The fourth-order valence-electron chi connectivity index (χ4n) is 1.54. The number of amides is 2. The van der Waals surface area contributed by atoms with Crippen LogP contribution in [-0.4, -0.2) is 34.4 Å². The summed E-state index contributed by atoms with van der Waals surface area (Å²) in [5.74, 6) is -0.294. The van der Waals surface area contributed by atoms with Crippen molar-refractivity contribution in [2.75, 3.05) is 6.54 Å². The highest BCUT2D eigenvalue weighted by Gasteiger charge is 2.20. The number of carbonyl (C=O) groups excluding carboxylic acids is 2. The van der Waals surface area contributed by atoms with E-state index in [4.69, 9.17) is 11.6 Å². The van der Waals surface area contributed by atoms with Gasteiger partial charge in [-0.15, -0.1) is 0 Å². The van der Waals surface area contributed by atoms with Crippen LogP contribution in [0.1, 0.15) is 23.3 Å². The summed E-state index contributed by atoms with van der Waals surface area (Å²) >= 11 is 5.57. The van der Waals surface area contributed by atoms with E-state index >= 15 is 0 Å². The first-order valence-corrected chi connectivity index (χ1v) is 5.58. The maximum atomic E-state index is 11.7. The van der Waals surface area contributed by atoms with E-state index in [9.17, 15) is 9.59 Å². The van der Waals surface area contributed by atoms with Crippen molar-refractivity contribution in [1.29, 1.82) is 0 Å². The van der Waals surface area contributed by atoms with Gasteiger partial charge in [0.15, 0.2) is 0 Å². The van der Waals surface area contributed by atoms with Crippen LogP contribution in [0.2, 0.25) is 5.15 Å². The first-order chi connectivity index (χ1) is 8.15. The van der Waals surface area contributed by atoms with Gasteiger partial charge in [0.05, 0.1) is 12.4 Å². The van der Waals surface area contributed by atoms with Crippen molar-refractivity contribution < 1.29 is 9.59 Å². The van der Waals surface area contributed by atoms with Crippen LogP contribution >= 0.6 is 11.6 Å². The van der Waals surface area contributed by atoms with Crippen molar-refractivity contribution in [3.8, 4) is 0 Å². The third-order valence-electron chi connectivity index (χ3n) is 2.45. The molecule has 7 heteroatoms. The molecule has 1 fully saturated rings. The molecule has 2 amide bonds. The number of nitrogens with zero attached hydrogens (tertiary/aromatic N) is 2. The Morgan fingerprint density at radius 1 is 1.47 bits per heavy atom. The minimum absolute atomic E-state index is 0.0155. The van der Waals surface area contributed by atoms with Gasteiger partial charge in [0.1, 0.15) is 10.8 Å². The van der Waals surface area contributed by atoms with Crippen LogP contribution in [0.4, 0.5) is 0 Å². The van der Waals surface area contributed by atoms with Crippen molar-refractivity contribution in [3.05, 3.63) is 23.2 Å². The van der Waals surface area contributed by atoms with Crippen molar-refractivity contribution in [2.45, 2.75) is 18.9 Å². The van der Waals surface area contributed by atoms with E-state index in [0.717, 1.165) is 0 Å². The normalized spacial score (nSPS) is 19.6. The summed E-state index contributed by atoms with van der Waals surface area (Å²) in [6, 6.07) is -0.0577. The monoisotopic (exact) mass is 254 g/mol. The van der Waals surface area contributed by atoms with Crippen LogP contribution in [-0.2, 0) is 4.79 Å². The van der Waals surface area contributed by atoms with Gasteiger partial charge >= 0.3 is 0 Å². The molecular formula is C10H11ClN4O2. The van der Waals surface area contributed by atoms with E-state index in [-0.39, 0.29) is 28.7 Å². The molecule has 2 heterocycles. The average molecular weight is 255 g/mol. The zero-order chi connectivity index (χ0) is 12.3. The summed E-state index contributed by atoms with van der Waals surface area (Å²) < 4.78 is 0. The molecule has 2 N–H and O–H groups in total. The fraction of sp³-hybridized carbons (Fsp3) is 0.400. The minimum Gasteiger partial charge on any atom is -0.354 e. The van der Waals surface area contributed by atoms with Crippen molar-refractivity contribution >= 4 is 23.4 Å². The van der Waals surface area contributed by atoms with Crippen LogP contribution in [0, 0.1) is 0 Å². The van der Waals surface area contributed by atoms with E-state index in [2.05, 4.69) is 20.6 Å². The molecule has 90 valence electrons. The fourth-order valence-corrected chi connectivity index (χ4v) is 1.64. The molecule has 1 atom stereocenters. The molecule has 17 heavy (non-hydrogen) atoms. The summed E-state index contributed by atoms with van der Waals surface area (Å²) in [6.07, 6.45) is 3.70. The number of nitrogens with one attached hydrogen (secondary N) is 2. The molecule has 2 rings (SSSR count). The quantitative estimate of drug-likeness (QED) is 0.786. The van der Waals surface area contributed by atoms with Gasteiger partial charge in [0, 0.05) is 19.0 Å². The Morgan fingerprint density at radius 2 is 2.29 bits per heavy atom. The molecule has 1 saturated heterocycles. The van der Waals surface area contributed by atoms with Crippen LogP contribution in [0.5, 0.6) is 0 Å². The van der Waals surface area contributed by atoms with Crippen LogP contribution < -0.4 is 10.6 Å². The molecule has 0 aliphatic carbocycles. The molecule has 0 aromatic carbocycles. The van der Waals surface area contributed by atoms with Gasteiger partial charge in [-0.2, -0.15) is 0 Å².